The van der Waals surface area contributed by atoms with Crippen molar-refractivity contribution in [3.05, 3.63) is 27.1 Å². The summed E-state index contributed by atoms with van der Waals surface area (Å²) in [7, 11) is 0. The molecule has 0 aromatic heterocycles. The van der Waals surface area contributed by atoms with Crippen LogP contribution in [0.1, 0.15) is 32.6 Å². The Morgan fingerprint density at radius 2 is 2.12 bits per heavy atom. The van der Waals surface area contributed by atoms with Gasteiger partial charge in [0.2, 0.25) is 0 Å². The Labute approximate surface area is 114 Å². The fourth-order valence-corrected chi connectivity index (χ4v) is 3.68. The second-order valence-corrected chi connectivity index (χ2v) is 6.24. The molecule has 1 N–H and O–H groups in total. The Hall–Kier alpha value is -0.0200. The van der Waals surface area contributed by atoms with Crippen molar-refractivity contribution >= 4 is 37.5 Å². The molecule has 0 saturated heterocycles. The van der Waals surface area contributed by atoms with Gasteiger partial charge in [0.25, 0.3) is 0 Å². The molecule has 1 saturated carbocycles. The van der Waals surface area contributed by atoms with E-state index in [4.69, 9.17) is 0 Å². The lowest BCUT2D eigenvalue weighted by molar-refractivity contribution is 0.489. The molecule has 16 heavy (non-hydrogen) atoms. The Bertz CT molecular complexity index is 365. The summed E-state index contributed by atoms with van der Waals surface area (Å²) < 4.78 is 2.26. The third-order valence-electron chi connectivity index (χ3n) is 3.46. The standard InChI is InChI=1S/C13H17Br2N/c1-2-9-4-3-5-12(9)16-13-7-6-10(14)8-11(13)15/h6-9,12,16H,2-5H2,1H3. The van der Waals surface area contributed by atoms with Gasteiger partial charge in [0, 0.05) is 20.7 Å². The van der Waals surface area contributed by atoms with Gasteiger partial charge in [-0.25, -0.2) is 0 Å². The molecule has 0 spiro atoms. The summed E-state index contributed by atoms with van der Waals surface area (Å²) in [5.74, 6) is 0.843. The van der Waals surface area contributed by atoms with Crippen LogP contribution in [-0.4, -0.2) is 6.04 Å². The van der Waals surface area contributed by atoms with Gasteiger partial charge in [-0.15, -0.1) is 0 Å². The van der Waals surface area contributed by atoms with Gasteiger partial charge in [0.1, 0.15) is 0 Å². The number of anilines is 1. The fourth-order valence-electron chi connectivity index (χ4n) is 2.52. The first-order chi connectivity index (χ1) is 7.70. The zero-order valence-corrected chi connectivity index (χ0v) is 12.6. The van der Waals surface area contributed by atoms with E-state index in [0.29, 0.717) is 6.04 Å². The van der Waals surface area contributed by atoms with E-state index in [1.54, 1.807) is 0 Å². The SMILES string of the molecule is CCC1CCCC1Nc1ccc(Br)cc1Br. The second-order valence-electron chi connectivity index (χ2n) is 4.47. The highest BCUT2D eigenvalue weighted by Crippen LogP contribution is 2.33. The quantitative estimate of drug-likeness (QED) is 0.792. The normalized spacial score (nSPS) is 24.7. The van der Waals surface area contributed by atoms with E-state index in [-0.39, 0.29) is 0 Å². The van der Waals surface area contributed by atoms with Crippen LogP contribution in [0.25, 0.3) is 0 Å². The summed E-state index contributed by atoms with van der Waals surface area (Å²) in [5.41, 5.74) is 1.22. The second kappa shape index (κ2) is 5.54. The van der Waals surface area contributed by atoms with Crippen molar-refractivity contribution in [2.24, 2.45) is 5.92 Å². The van der Waals surface area contributed by atoms with Crippen molar-refractivity contribution in [1.82, 2.24) is 0 Å². The molecule has 2 unspecified atom stereocenters. The van der Waals surface area contributed by atoms with E-state index in [0.717, 1.165) is 14.9 Å². The number of halogens is 2. The van der Waals surface area contributed by atoms with E-state index in [1.807, 2.05) is 0 Å². The third kappa shape index (κ3) is 2.80. The topological polar surface area (TPSA) is 12.0 Å². The molecule has 1 aliphatic rings. The van der Waals surface area contributed by atoms with Crippen LogP contribution >= 0.6 is 31.9 Å². The molecule has 0 bridgehead atoms. The Kier molecular flexibility index (Phi) is 4.31. The first kappa shape index (κ1) is 12.4. The molecule has 2 rings (SSSR count). The third-order valence-corrected chi connectivity index (χ3v) is 4.60. The van der Waals surface area contributed by atoms with E-state index in [1.165, 1.54) is 31.4 Å². The molecular formula is C13H17Br2N. The van der Waals surface area contributed by atoms with Crippen molar-refractivity contribution in [1.29, 1.82) is 0 Å². The highest BCUT2D eigenvalue weighted by atomic mass is 79.9. The van der Waals surface area contributed by atoms with Crippen LogP contribution in [0, 0.1) is 5.92 Å². The molecule has 2 atom stereocenters. The zero-order valence-electron chi connectivity index (χ0n) is 9.47. The molecule has 0 amide bonds. The number of rotatable bonds is 3. The molecule has 0 heterocycles. The van der Waals surface area contributed by atoms with Crippen molar-refractivity contribution < 1.29 is 0 Å². The summed E-state index contributed by atoms with van der Waals surface area (Å²) in [6.45, 7) is 2.29. The van der Waals surface area contributed by atoms with Crippen LogP contribution < -0.4 is 5.32 Å². The van der Waals surface area contributed by atoms with Crippen LogP contribution in [0.15, 0.2) is 27.1 Å². The molecule has 0 aliphatic heterocycles. The highest BCUT2D eigenvalue weighted by Gasteiger charge is 2.25. The number of nitrogens with one attached hydrogen (secondary N) is 1. The largest absolute Gasteiger partial charge is 0.381 e. The molecule has 3 heteroatoms. The van der Waals surface area contributed by atoms with Gasteiger partial charge in [0.15, 0.2) is 0 Å². The minimum absolute atomic E-state index is 0.655. The maximum Gasteiger partial charge on any atom is 0.0487 e. The van der Waals surface area contributed by atoms with Gasteiger partial charge >= 0.3 is 0 Å². The van der Waals surface area contributed by atoms with Crippen LogP contribution in [-0.2, 0) is 0 Å². The summed E-state index contributed by atoms with van der Waals surface area (Å²) >= 11 is 7.08. The molecule has 1 fully saturated rings. The molecule has 1 aromatic carbocycles. The average molecular weight is 347 g/mol. The summed E-state index contributed by atoms with van der Waals surface area (Å²) in [6.07, 6.45) is 5.33. The van der Waals surface area contributed by atoms with E-state index in [2.05, 4.69) is 62.3 Å². The first-order valence-corrected chi connectivity index (χ1v) is 7.51. The van der Waals surface area contributed by atoms with Gasteiger partial charge in [-0.3, -0.25) is 0 Å². The highest BCUT2D eigenvalue weighted by molar-refractivity contribution is 9.11. The Morgan fingerprint density at radius 3 is 2.81 bits per heavy atom. The average Bonchev–Trinajstić information content (AvgIpc) is 2.69. The van der Waals surface area contributed by atoms with Gasteiger partial charge in [-0.1, -0.05) is 35.7 Å². The van der Waals surface area contributed by atoms with E-state index < -0.39 is 0 Å². The monoisotopic (exact) mass is 345 g/mol. The number of benzene rings is 1. The van der Waals surface area contributed by atoms with Crippen molar-refractivity contribution in [3.8, 4) is 0 Å². The van der Waals surface area contributed by atoms with Crippen LogP contribution in [0.4, 0.5) is 5.69 Å². The van der Waals surface area contributed by atoms with Crippen molar-refractivity contribution in [2.45, 2.75) is 38.6 Å². The zero-order chi connectivity index (χ0) is 11.5. The van der Waals surface area contributed by atoms with Gasteiger partial charge in [0.05, 0.1) is 0 Å². The lowest BCUT2D eigenvalue weighted by Crippen LogP contribution is -2.23. The molecule has 1 nitrogen and oxygen atoms in total. The van der Waals surface area contributed by atoms with Gasteiger partial charge in [-0.05, 0) is 52.9 Å². The molecule has 1 aromatic rings. The molecule has 0 radical (unpaired) electrons. The number of hydrogen-bond acceptors (Lipinski definition) is 1. The lowest BCUT2D eigenvalue weighted by atomic mass is 10.0. The first-order valence-electron chi connectivity index (χ1n) is 5.92. The Morgan fingerprint density at radius 1 is 1.31 bits per heavy atom. The van der Waals surface area contributed by atoms with Crippen molar-refractivity contribution in [3.63, 3.8) is 0 Å². The molecule has 88 valence electrons. The maximum atomic E-state index is 3.67. The number of hydrogen-bond donors (Lipinski definition) is 1. The predicted octanol–water partition coefficient (Wildman–Crippen LogP) is 5.20. The van der Waals surface area contributed by atoms with E-state index >= 15 is 0 Å². The fraction of sp³-hybridized carbons (Fsp3) is 0.538. The molecule has 1 aliphatic carbocycles. The van der Waals surface area contributed by atoms with Crippen LogP contribution in [0.3, 0.4) is 0 Å². The van der Waals surface area contributed by atoms with E-state index in [9.17, 15) is 0 Å². The summed E-state index contributed by atoms with van der Waals surface area (Å²) in [6, 6.07) is 6.97. The molecular weight excluding hydrogens is 330 g/mol. The Balaban J connectivity index is 2.08. The predicted molar refractivity (Wildman–Crippen MR) is 76.9 cm³/mol. The maximum absolute atomic E-state index is 3.67. The van der Waals surface area contributed by atoms with Gasteiger partial charge < -0.3 is 5.32 Å². The smallest absolute Gasteiger partial charge is 0.0487 e. The van der Waals surface area contributed by atoms with Crippen LogP contribution in [0.2, 0.25) is 0 Å². The van der Waals surface area contributed by atoms with Gasteiger partial charge in [-0.2, -0.15) is 0 Å². The summed E-state index contributed by atoms with van der Waals surface area (Å²) in [4.78, 5) is 0. The minimum atomic E-state index is 0.655. The summed E-state index contributed by atoms with van der Waals surface area (Å²) in [5, 5.41) is 3.67. The lowest BCUT2D eigenvalue weighted by Gasteiger charge is -2.21. The van der Waals surface area contributed by atoms with Crippen LogP contribution in [0.5, 0.6) is 0 Å². The van der Waals surface area contributed by atoms with Crippen molar-refractivity contribution in [2.75, 3.05) is 5.32 Å². The minimum Gasteiger partial charge on any atom is -0.381 e.